The van der Waals surface area contributed by atoms with Gasteiger partial charge in [-0.15, -0.1) is 0 Å². The van der Waals surface area contributed by atoms with Crippen molar-refractivity contribution in [2.24, 2.45) is 0 Å². The molecule has 0 aliphatic rings. The van der Waals surface area contributed by atoms with Crippen molar-refractivity contribution in [3.8, 4) is 0 Å². The van der Waals surface area contributed by atoms with Crippen LogP contribution < -0.4 is 5.48 Å². The molecule has 0 radical (unpaired) electrons. The summed E-state index contributed by atoms with van der Waals surface area (Å²) in [6.07, 6.45) is 1.93. The van der Waals surface area contributed by atoms with E-state index in [2.05, 4.69) is 20.9 Å². The highest BCUT2D eigenvalue weighted by Gasteiger charge is 2.08. The Morgan fingerprint density at radius 3 is 2.82 bits per heavy atom. The molecule has 0 saturated heterocycles. The van der Waals surface area contributed by atoms with E-state index in [1.807, 2.05) is 32.0 Å². The number of aromatic amines is 1. The summed E-state index contributed by atoms with van der Waals surface area (Å²) >= 11 is 3.37. The van der Waals surface area contributed by atoms with E-state index >= 15 is 0 Å². The molecule has 0 unspecified atom stereocenters. The van der Waals surface area contributed by atoms with Crippen LogP contribution in [0.1, 0.15) is 19.4 Å². The topological polar surface area (TPSA) is 65.1 Å². The maximum atomic E-state index is 11.0. The van der Waals surface area contributed by atoms with E-state index in [1.165, 1.54) is 0 Å². The Bertz CT molecular complexity index is 508. The summed E-state index contributed by atoms with van der Waals surface area (Å²) in [6, 6.07) is 5.79. The van der Waals surface area contributed by atoms with E-state index in [1.54, 1.807) is 11.7 Å². The molecule has 4 nitrogen and oxygen atoms in total. The maximum Gasteiger partial charge on any atom is 0.247 e. The molecule has 0 saturated carbocycles. The third-order valence-electron chi connectivity index (χ3n) is 2.21. The Morgan fingerprint density at radius 1 is 1.47 bits per heavy atom. The number of fused-ring (bicyclic) bond motifs is 1. The summed E-state index contributed by atoms with van der Waals surface area (Å²) in [5.74, 6) is -0.420. The van der Waals surface area contributed by atoms with E-state index in [4.69, 9.17) is 5.21 Å². The lowest BCUT2D eigenvalue weighted by Crippen LogP contribution is -2.20. The molecule has 92 valence electrons. The Kier molecular flexibility index (Phi) is 5.18. The lowest BCUT2D eigenvalue weighted by atomic mass is 10.1. The van der Waals surface area contributed by atoms with Crippen molar-refractivity contribution in [3.63, 3.8) is 0 Å². The molecule has 1 aromatic heterocycles. The van der Waals surface area contributed by atoms with Crippen molar-refractivity contribution in [3.05, 3.63) is 34.4 Å². The minimum absolute atomic E-state index is 0.160. The van der Waals surface area contributed by atoms with Gasteiger partial charge in [-0.05, 0) is 23.8 Å². The number of hydrogen-bond acceptors (Lipinski definition) is 2. The predicted octanol–water partition coefficient (Wildman–Crippen LogP) is 3.00. The standard InChI is InChI=1S/C10H9BrN2O2.C2H6/c11-7-1-2-9-8(4-7)6(5-12-9)3-10(14)13-15;1-2/h1-2,4-5,12,15H,3H2,(H,13,14);1-2H3. The number of aromatic nitrogens is 1. The van der Waals surface area contributed by atoms with Crippen molar-refractivity contribution >= 4 is 32.7 Å². The van der Waals surface area contributed by atoms with Crippen molar-refractivity contribution in [2.75, 3.05) is 0 Å². The Morgan fingerprint density at radius 2 is 2.18 bits per heavy atom. The van der Waals surface area contributed by atoms with Crippen LogP contribution in [0.4, 0.5) is 0 Å². The smallest absolute Gasteiger partial charge is 0.247 e. The van der Waals surface area contributed by atoms with E-state index in [9.17, 15) is 4.79 Å². The molecule has 0 bridgehead atoms. The number of carbonyl (C=O) groups is 1. The van der Waals surface area contributed by atoms with E-state index in [0.29, 0.717) is 0 Å². The number of hydrogen-bond donors (Lipinski definition) is 3. The van der Waals surface area contributed by atoms with Crippen LogP contribution in [-0.4, -0.2) is 16.1 Å². The molecule has 0 fully saturated rings. The summed E-state index contributed by atoms with van der Waals surface area (Å²) in [7, 11) is 0. The van der Waals surface area contributed by atoms with Gasteiger partial charge in [0.25, 0.3) is 0 Å². The summed E-state index contributed by atoms with van der Waals surface area (Å²) in [5, 5.41) is 9.42. The van der Waals surface area contributed by atoms with Crippen LogP contribution in [0.15, 0.2) is 28.9 Å². The number of nitrogens with one attached hydrogen (secondary N) is 2. The second-order valence-corrected chi connectivity index (χ2v) is 4.13. The third kappa shape index (κ3) is 3.31. The summed E-state index contributed by atoms with van der Waals surface area (Å²) < 4.78 is 0.959. The second-order valence-electron chi connectivity index (χ2n) is 3.22. The van der Waals surface area contributed by atoms with Crippen LogP contribution in [0, 0.1) is 0 Å². The SMILES string of the molecule is CC.O=C(Cc1c[nH]c2ccc(Br)cc12)NO. The molecule has 1 heterocycles. The first-order chi connectivity index (χ1) is 8.20. The minimum Gasteiger partial charge on any atom is -0.361 e. The normalized spacial score (nSPS) is 9.65. The average molecular weight is 299 g/mol. The van der Waals surface area contributed by atoms with Gasteiger partial charge in [-0.1, -0.05) is 29.8 Å². The number of carbonyl (C=O) groups excluding carboxylic acids is 1. The van der Waals surface area contributed by atoms with Crippen molar-refractivity contribution < 1.29 is 10.0 Å². The van der Waals surface area contributed by atoms with E-state index < -0.39 is 5.91 Å². The van der Waals surface area contributed by atoms with Gasteiger partial charge in [-0.2, -0.15) is 0 Å². The fraction of sp³-hybridized carbons (Fsp3) is 0.250. The van der Waals surface area contributed by atoms with Crippen LogP contribution in [-0.2, 0) is 11.2 Å². The first kappa shape index (κ1) is 13.7. The zero-order valence-electron chi connectivity index (χ0n) is 9.75. The predicted molar refractivity (Wildman–Crippen MR) is 71.0 cm³/mol. The van der Waals surface area contributed by atoms with Crippen molar-refractivity contribution in [1.29, 1.82) is 0 Å². The molecular formula is C12H15BrN2O2. The molecule has 0 aliphatic carbocycles. The number of halogens is 1. The van der Waals surface area contributed by atoms with Gasteiger partial charge in [-0.25, -0.2) is 5.48 Å². The van der Waals surface area contributed by atoms with Gasteiger partial charge in [0.1, 0.15) is 0 Å². The molecule has 1 aromatic carbocycles. The van der Waals surface area contributed by atoms with Gasteiger partial charge in [-0.3, -0.25) is 10.0 Å². The fourth-order valence-corrected chi connectivity index (χ4v) is 1.87. The molecule has 17 heavy (non-hydrogen) atoms. The lowest BCUT2D eigenvalue weighted by molar-refractivity contribution is -0.128. The zero-order chi connectivity index (χ0) is 12.8. The van der Waals surface area contributed by atoms with E-state index in [-0.39, 0.29) is 6.42 Å². The zero-order valence-corrected chi connectivity index (χ0v) is 11.3. The molecule has 1 amide bonds. The summed E-state index contributed by atoms with van der Waals surface area (Å²) in [4.78, 5) is 14.1. The Balaban J connectivity index is 0.000000686. The largest absolute Gasteiger partial charge is 0.361 e. The number of benzene rings is 1. The van der Waals surface area contributed by atoms with Gasteiger partial charge in [0, 0.05) is 21.6 Å². The van der Waals surface area contributed by atoms with Crippen molar-refractivity contribution in [2.45, 2.75) is 20.3 Å². The first-order valence-electron chi connectivity index (χ1n) is 5.39. The maximum absolute atomic E-state index is 11.0. The van der Waals surface area contributed by atoms with Crippen LogP contribution in [0.25, 0.3) is 10.9 Å². The lowest BCUT2D eigenvalue weighted by Gasteiger charge is -1.98. The number of hydroxylamine groups is 1. The average Bonchev–Trinajstić information content (AvgIpc) is 2.74. The van der Waals surface area contributed by atoms with Crippen LogP contribution in [0.3, 0.4) is 0 Å². The fourth-order valence-electron chi connectivity index (χ4n) is 1.51. The molecular weight excluding hydrogens is 284 g/mol. The van der Waals surface area contributed by atoms with Gasteiger partial charge in [0.2, 0.25) is 5.91 Å². The van der Waals surface area contributed by atoms with Crippen LogP contribution in [0.5, 0.6) is 0 Å². The second kappa shape index (κ2) is 6.42. The highest BCUT2D eigenvalue weighted by molar-refractivity contribution is 9.10. The highest BCUT2D eigenvalue weighted by atomic mass is 79.9. The molecule has 2 aromatic rings. The molecule has 0 aliphatic heterocycles. The van der Waals surface area contributed by atoms with E-state index in [0.717, 1.165) is 20.9 Å². The van der Waals surface area contributed by atoms with Gasteiger partial charge < -0.3 is 4.98 Å². The molecule has 5 heteroatoms. The van der Waals surface area contributed by atoms with Gasteiger partial charge in [0.15, 0.2) is 0 Å². The van der Waals surface area contributed by atoms with Crippen LogP contribution in [0.2, 0.25) is 0 Å². The minimum atomic E-state index is -0.420. The molecule has 0 atom stereocenters. The number of rotatable bonds is 2. The molecule has 0 spiro atoms. The summed E-state index contributed by atoms with van der Waals surface area (Å²) in [6.45, 7) is 4.00. The monoisotopic (exact) mass is 298 g/mol. The Hall–Kier alpha value is -1.33. The van der Waals surface area contributed by atoms with Crippen LogP contribution >= 0.6 is 15.9 Å². The third-order valence-corrected chi connectivity index (χ3v) is 2.70. The van der Waals surface area contributed by atoms with Gasteiger partial charge in [0.05, 0.1) is 6.42 Å². The quantitative estimate of drug-likeness (QED) is 0.589. The first-order valence-corrected chi connectivity index (χ1v) is 6.18. The molecule has 3 N–H and O–H groups in total. The molecule has 2 rings (SSSR count). The van der Waals surface area contributed by atoms with Gasteiger partial charge >= 0.3 is 0 Å². The Labute approximate surface area is 108 Å². The highest BCUT2D eigenvalue weighted by Crippen LogP contribution is 2.22. The number of H-pyrrole nitrogens is 1. The summed E-state index contributed by atoms with van der Waals surface area (Å²) in [5.41, 5.74) is 3.45. The van der Waals surface area contributed by atoms with Crippen molar-refractivity contribution in [1.82, 2.24) is 10.5 Å². The number of amides is 1.